The Balaban J connectivity index is 0.000000845. The first kappa shape index (κ1) is 10.3. The number of phenols is 1. The van der Waals surface area contributed by atoms with Crippen molar-refractivity contribution in [3.05, 3.63) is 29.3 Å². The summed E-state index contributed by atoms with van der Waals surface area (Å²) in [6.45, 7) is 1.20. The second-order valence-electron chi connectivity index (χ2n) is 2.99. The van der Waals surface area contributed by atoms with Crippen LogP contribution in [0.2, 0.25) is 0 Å². The van der Waals surface area contributed by atoms with Crippen LogP contribution in [-0.2, 0) is 6.54 Å². The highest BCUT2D eigenvalue weighted by atomic mass is 35.5. The molecule has 1 heterocycles. The number of rotatable bonds is 0. The summed E-state index contributed by atoms with van der Waals surface area (Å²) in [5, 5.41) is 22.0. The van der Waals surface area contributed by atoms with E-state index in [1.165, 1.54) is 0 Å². The molecule has 0 fully saturated rings. The largest absolute Gasteiger partial charge is 0.508 e. The van der Waals surface area contributed by atoms with E-state index in [2.05, 4.69) is 5.32 Å². The molecule has 1 aliphatic heterocycles. The molecule has 1 unspecified atom stereocenters. The van der Waals surface area contributed by atoms with Crippen molar-refractivity contribution < 1.29 is 10.2 Å². The van der Waals surface area contributed by atoms with Gasteiger partial charge in [0.05, 0.1) is 6.10 Å². The van der Waals surface area contributed by atoms with Crippen LogP contribution in [0, 0.1) is 0 Å². The molecule has 1 aliphatic rings. The van der Waals surface area contributed by atoms with Gasteiger partial charge in [0.1, 0.15) is 5.75 Å². The number of nitrogens with one attached hydrogen (secondary N) is 1. The monoisotopic (exact) mass is 201 g/mol. The molecule has 3 nitrogen and oxygen atoms in total. The number of fused-ring (bicyclic) bond motifs is 1. The van der Waals surface area contributed by atoms with Gasteiger partial charge in [-0.25, -0.2) is 0 Å². The van der Waals surface area contributed by atoms with Crippen LogP contribution in [-0.4, -0.2) is 16.8 Å². The fourth-order valence-electron chi connectivity index (χ4n) is 1.54. The smallest absolute Gasteiger partial charge is 0.120 e. The lowest BCUT2D eigenvalue weighted by molar-refractivity contribution is 0.164. The standard InChI is InChI=1S/C9H11NO2.ClH/c11-8-3-1-2-6-7(8)4-10-5-9(6)12;/h1-3,9-12H,4-5H2;1H. The number of hydrogen-bond donors (Lipinski definition) is 3. The minimum absolute atomic E-state index is 0. The molecule has 0 bridgehead atoms. The average molecular weight is 202 g/mol. The number of aliphatic hydroxyl groups excluding tert-OH is 1. The summed E-state index contributed by atoms with van der Waals surface area (Å²) in [6, 6.07) is 5.24. The Morgan fingerprint density at radius 2 is 2.15 bits per heavy atom. The highest BCUT2D eigenvalue weighted by molar-refractivity contribution is 5.85. The second kappa shape index (κ2) is 3.96. The van der Waals surface area contributed by atoms with Crippen molar-refractivity contribution in [2.75, 3.05) is 6.54 Å². The van der Waals surface area contributed by atoms with E-state index >= 15 is 0 Å². The average Bonchev–Trinajstić information content (AvgIpc) is 2.07. The summed E-state index contributed by atoms with van der Waals surface area (Å²) in [6.07, 6.45) is -0.485. The summed E-state index contributed by atoms with van der Waals surface area (Å²) in [5.41, 5.74) is 1.66. The van der Waals surface area contributed by atoms with Gasteiger partial charge in [-0.3, -0.25) is 0 Å². The molecule has 13 heavy (non-hydrogen) atoms. The number of β-amino-alcohol motifs (C(OH)–C–C–N with tert-alkyl or cyclic N) is 1. The van der Waals surface area contributed by atoms with E-state index in [0.29, 0.717) is 13.1 Å². The van der Waals surface area contributed by atoms with E-state index in [-0.39, 0.29) is 18.2 Å². The zero-order chi connectivity index (χ0) is 8.55. The fraction of sp³-hybridized carbons (Fsp3) is 0.333. The Hall–Kier alpha value is -0.770. The van der Waals surface area contributed by atoms with Gasteiger partial charge in [-0.15, -0.1) is 12.4 Å². The Morgan fingerprint density at radius 3 is 2.85 bits per heavy atom. The van der Waals surface area contributed by atoms with Gasteiger partial charge in [0, 0.05) is 18.7 Å². The fourth-order valence-corrected chi connectivity index (χ4v) is 1.54. The predicted octanol–water partition coefficient (Wildman–Crippen LogP) is 0.951. The van der Waals surface area contributed by atoms with E-state index in [9.17, 15) is 10.2 Å². The molecular formula is C9H12ClNO2. The van der Waals surface area contributed by atoms with Crippen molar-refractivity contribution in [1.82, 2.24) is 5.32 Å². The number of phenolic OH excluding ortho intramolecular Hbond substituents is 1. The third kappa shape index (κ3) is 1.77. The topological polar surface area (TPSA) is 52.5 Å². The van der Waals surface area contributed by atoms with Crippen molar-refractivity contribution in [3.8, 4) is 5.75 Å². The lowest BCUT2D eigenvalue weighted by Crippen LogP contribution is -2.27. The minimum Gasteiger partial charge on any atom is -0.508 e. The van der Waals surface area contributed by atoms with Gasteiger partial charge in [0.25, 0.3) is 0 Å². The Labute approximate surface area is 82.8 Å². The molecule has 4 heteroatoms. The van der Waals surface area contributed by atoms with Gasteiger partial charge in [0.2, 0.25) is 0 Å². The Bertz CT molecular complexity index is 304. The lowest BCUT2D eigenvalue weighted by atomic mass is 9.98. The summed E-state index contributed by atoms with van der Waals surface area (Å²) in [5.74, 6) is 0.263. The normalized spacial score (nSPS) is 20.2. The van der Waals surface area contributed by atoms with Crippen LogP contribution in [0.25, 0.3) is 0 Å². The number of halogens is 1. The maximum atomic E-state index is 9.51. The third-order valence-electron chi connectivity index (χ3n) is 2.19. The third-order valence-corrected chi connectivity index (χ3v) is 2.19. The van der Waals surface area contributed by atoms with Gasteiger partial charge in [-0.05, 0) is 11.6 Å². The van der Waals surface area contributed by atoms with E-state index in [0.717, 1.165) is 11.1 Å². The van der Waals surface area contributed by atoms with Crippen molar-refractivity contribution in [1.29, 1.82) is 0 Å². The van der Waals surface area contributed by atoms with Crippen molar-refractivity contribution in [2.24, 2.45) is 0 Å². The summed E-state index contributed by atoms with van der Waals surface area (Å²) >= 11 is 0. The minimum atomic E-state index is -0.485. The first-order valence-corrected chi connectivity index (χ1v) is 3.98. The molecule has 0 aliphatic carbocycles. The number of hydrogen-bond acceptors (Lipinski definition) is 3. The van der Waals surface area contributed by atoms with E-state index in [1.807, 2.05) is 6.07 Å². The molecule has 1 atom stereocenters. The second-order valence-corrected chi connectivity index (χ2v) is 2.99. The number of aromatic hydroxyl groups is 1. The molecule has 0 amide bonds. The van der Waals surface area contributed by atoms with Crippen LogP contribution in [0.5, 0.6) is 5.75 Å². The molecule has 1 aromatic rings. The molecule has 3 N–H and O–H groups in total. The lowest BCUT2D eigenvalue weighted by Gasteiger charge is -2.22. The van der Waals surface area contributed by atoms with Crippen molar-refractivity contribution in [3.63, 3.8) is 0 Å². The van der Waals surface area contributed by atoms with E-state index < -0.39 is 6.10 Å². The van der Waals surface area contributed by atoms with Gasteiger partial charge in [0.15, 0.2) is 0 Å². The zero-order valence-electron chi connectivity index (χ0n) is 7.03. The van der Waals surface area contributed by atoms with Crippen LogP contribution in [0.3, 0.4) is 0 Å². The van der Waals surface area contributed by atoms with Gasteiger partial charge >= 0.3 is 0 Å². The summed E-state index contributed by atoms with van der Waals surface area (Å²) in [7, 11) is 0. The molecule has 0 aromatic heterocycles. The van der Waals surface area contributed by atoms with E-state index in [1.54, 1.807) is 12.1 Å². The number of aliphatic hydroxyl groups is 1. The molecular weight excluding hydrogens is 190 g/mol. The van der Waals surface area contributed by atoms with Gasteiger partial charge in [-0.2, -0.15) is 0 Å². The molecule has 1 aromatic carbocycles. The maximum Gasteiger partial charge on any atom is 0.120 e. The first-order valence-electron chi connectivity index (χ1n) is 3.98. The van der Waals surface area contributed by atoms with Gasteiger partial charge in [-0.1, -0.05) is 12.1 Å². The van der Waals surface area contributed by atoms with Crippen LogP contribution < -0.4 is 5.32 Å². The predicted molar refractivity (Wildman–Crippen MR) is 52.0 cm³/mol. The molecule has 72 valence electrons. The molecule has 0 spiro atoms. The Morgan fingerprint density at radius 1 is 1.38 bits per heavy atom. The van der Waals surface area contributed by atoms with E-state index in [4.69, 9.17) is 0 Å². The van der Waals surface area contributed by atoms with Crippen LogP contribution in [0.15, 0.2) is 18.2 Å². The number of benzene rings is 1. The SMILES string of the molecule is Cl.Oc1cccc2c1CNCC2O. The molecule has 0 radical (unpaired) electrons. The summed E-state index contributed by atoms with van der Waals surface area (Å²) in [4.78, 5) is 0. The molecule has 2 rings (SSSR count). The highest BCUT2D eigenvalue weighted by Gasteiger charge is 2.18. The molecule has 0 saturated heterocycles. The highest BCUT2D eigenvalue weighted by Crippen LogP contribution is 2.28. The van der Waals surface area contributed by atoms with Crippen LogP contribution in [0.4, 0.5) is 0 Å². The quantitative estimate of drug-likeness (QED) is 0.586. The van der Waals surface area contributed by atoms with Crippen LogP contribution >= 0.6 is 12.4 Å². The van der Waals surface area contributed by atoms with Gasteiger partial charge < -0.3 is 15.5 Å². The van der Waals surface area contributed by atoms with Crippen molar-refractivity contribution in [2.45, 2.75) is 12.6 Å². The first-order chi connectivity index (χ1) is 5.79. The Kier molecular flexibility index (Phi) is 3.14. The van der Waals surface area contributed by atoms with Crippen molar-refractivity contribution >= 4 is 12.4 Å². The van der Waals surface area contributed by atoms with Crippen LogP contribution in [0.1, 0.15) is 17.2 Å². The maximum absolute atomic E-state index is 9.51. The zero-order valence-corrected chi connectivity index (χ0v) is 7.84. The summed E-state index contributed by atoms with van der Waals surface area (Å²) < 4.78 is 0. The molecule has 0 saturated carbocycles.